The van der Waals surface area contributed by atoms with Gasteiger partial charge in [0.25, 0.3) is 5.69 Å². The molecule has 0 saturated carbocycles. The van der Waals surface area contributed by atoms with Crippen molar-refractivity contribution in [3.8, 4) is 0 Å². The molecule has 0 aliphatic rings. The fraction of sp³-hybridized carbons (Fsp3) is 0.500. The molecule has 8 heteroatoms. The van der Waals surface area contributed by atoms with E-state index in [1.165, 1.54) is 13.0 Å². The molecule has 0 unspecified atom stereocenters. The Bertz CT molecular complexity index is 641. The highest BCUT2D eigenvalue weighted by Crippen LogP contribution is 2.30. The van der Waals surface area contributed by atoms with Gasteiger partial charge < -0.3 is 0 Å². The van der Waals surface area contributed by atoms with Crippen molar-refractivity contribution in [1.29, 1.82) is 0 Å². The first-order chi connectivity index (χ1) is 9.00. The number of nitro groups is 1. The molecule has 1 N–H and O–H groups in total. The van der Waals surface area contributed by atoms with Crippen molar-refractivity contribution >= 4 is 27.3 Å². The van der Waals surface area contributed by atoms with Gasteiger partial charge in [-0.3, -0.25) is 10.1 Å². The van der Waals surface area contributed by atoms with Crippen LogP contribution in [0.4, 0.5) is 5.69 Å². The number of nitrogens with one attached hydrogen (secondary N) is 1. The van der Waals surface area contributed by atoms with E-state index >= 15 is 0 Å². The number of nitrogens with zero attached hydrogens (tertiary/aromatic N) is 1. The lowest BCUT2D eigenvalue weighted by atomic mass is 10.0. The van der Waals surface area contributed by atoms with Crippen LogP contribution in [0.5, 0.6) is 0 Å². The topological polar surface area (TPSA) is 89.3 Å². The van der Waals surface area contributed by atoms with Crippen LogP contribution in [0.1, 0.15) is 32.8 Å². The molecule has 1 rings (SSSR count). The fourth-order valence-electron chi connectivity index (χ4n) is 1.48. The third kappa shape index (κ3) is 3.68. The molecule has 0 spiro atoms. The predicted molar refractivity (Wildman–Crippen MR) is 77.5 cm³/mol. The molecule has 0 radical (unpaired) electrons. The lowest BCUT2D eigenvalue weighted by Crippen LogP contribution is -2.42. The number of benzene rings is 1. The first kappa shape index (κ1) is 16.9. The second-order valence-corrected chi connectivity index (χ2v) is 7.24. The van der Waals surface area contributed by atoms with Gasteiger partial charge in [0.15, 0.2) is 0 Å². The predicted octanol–water partition coefficient (Wildman–Crippen LogP) is 3.02. The van der Waals surface area contributed by atoms with Crippen LogP contribution in [-0.4, -0.2) is 18.9 Å². The molecule has 0 aliphatic heterocycles. The van der Waals surface area contributed by atoms with Crippen LogP contribution in [0.25, 0.3) is 0 Å². The Hall–Kier alpha value is -1.18. The van der Waals surface area contributed by atoms with Crippen molar-refractivity contribution in [2.75, 3.05) is 0 Å². The van der Waals surface area contributed by atoms with Gasteiger partial charge in [-0.2, -0.15) is 0 Å². The molecule has 0 bridgehead atoms. The number of halogens is 1. The van der Waals surface area contributed by atoms with Gasteiger partial charge in [-0.15, -0.1) is 0 Å². The maximum absolute atomic E-state index is 12.3. The molecule has 0 atom stereocenters. The number of sulfonamides is 1. The van der Waals surface area contributed by atoms with Crippen molar-refractivity contribution in [3.63, 3.8) is 0 Å². The van der Waals surface area contributed by atoms with Crippen molar-refractivity contribution in [3.05, 3.63) is 32.8 Å². The monoisotopic (exact) mass is 320 g/mol. The van der Waals surface area contributed by atoms with Crippen LogP contribution in [0.3, 0.4) is 0 Å². The third-order valence-electron chi connectivity index (χ3n) is 3.09. The summed E-state index contributed by atoms with van der Waals surface area (Å²) in [6.07, 6.45) is 0.577. The third-order valence-corrected chi connectivity index (χ3v) is 5.16. The first-order valence-corrected chi connectivity index (χ1v) is 7.85. The number of rotatable bonds is 5. The zero-order valence-electron chi connectivity index (χ0n) is 11.7. The molecule has 6 nitrogen and oxygen atoms in total. The van der Waals surface area contributed by atoms with E-state index in [1.807, 2.05) is 6.92 Å². The second kappa shape index (κ2) is 5.67. The molecule has 20 heavy (non-hydrogen) atoms. The van der Waals surface area contributed by atoms with E-state index < -0.39 is 20.5 Å². The minimum Gasteiger partial charge on any atom is -0.258 e. The summed E-state index contributed by atoms with van der Waals surface area (Å²) in [6, 6.07) is 2.24. The Morgan fingerprint density at radius 1 is 1.40 bits per heavy atom. The molecule has 0 aromatic heterocycles. The smallest absolute Gasteiger partial charge is 0.258 e. The van der Waals surface area contributed by atoms with Gasteiger partial charge in [0.2, 0.25) is 10.0 Å². The highest BCUT2D eigenvalue weighted by atomic mass is 35.5. The van der Waals surface area contributed by atoms with Crippen molar-refractivity contribution in [2.24, 2.45) is 0 Å². The van der Waals surface area contributed by atoms with Gasteiger partial charge >= 0.3 is 0 Å². The molecule has 1 aromatic rings. The standard InChI is InChI=1S/C12H17ClN2O4S/c1-5-12(3,4)14-20(18,19)9-6-10(13)8(2)11(7-9)15(16)17/h6-7,14H,5H2,1-4H3. The highest BCUT2D eigenvalue weighted by Gasteiger charge is 2.27. The largest absolute Gasteiger partial charge is 0.275 e. The van der Waals surface area contributed by atoms with E-state index in [0.717, 1.165) is 6.07 Å². The highest BCUT2D eigenvalue weighted by molar-refractivity contribution is 7.89. The van der Waals surface area contributed by atoms with Gasteiger partial charge in [-0.1, -0.05) is 18.5 Å². The summed E-state index contributed by atoms with van der Waals surface area (Å²) in [4.78, 5) is 10.1. The zero-order chi connectivity index (χ0) is 15.7. The Morgan fingerprint density at radius 2 is 1.95 bits per heavy atom. The second-order valence-electron chi connectivity index (χ2n) is 5.15. The fourth-order valence-corrected chi connectivity index (χ4v) is 3.29. The van der Waals surface area contributed by atoms with Gasteiger partial charge in [-0.25, -0.2) is 13.1 Å². The molecule has 0 aliphatic carbocycles. The Morgan fingerprint density at radius 3 is 2.40 bits per heavy atom. The van der Waals surface area contributed by atoms with E-state index in [4.69, 9.17) is 11.6 Å². The lowest BCUT2D eigenvalue weighted by molar-refractivity contribution is -0.385. The van der Waals surface area contributed by atoms with Gasteiger partial charge in [0.05, 0.1) is 14.8 Å². The van der Waals surface area contributed by atoms with Crippen molar-refractivity contribution in [2.45, 2.75) is 44.6 Å². The van der Waals surface area contributed by atoms with Gasteiger partial charge in [0, 0.05) is 17.2 Å². The summed E-state index contributed by atoms with van der Waals surface area (Å²) < 4.78 is 27.0. The summed E-state index contributed by atoms with van der Waals surface area (Å²) in [5, 5.41) is 11.0. The summed E-state index contributed by atoms with van der Waals surface area (Å²) in [6.45, 7) is 6.77. The van der Waals surface area contributed by atoms with E-state index in [9.17, 15) is 18.5 Å². The molecule has 0 amide bonds. The number of hydrogen-bond acceptors (Lipinski definition) is 4. The maximum Gasteiger partial charge on any atom is 0.275 e. The molecule has 0 fully saturated rings. The van der Waals surface area contributed by atoms with E-state index in [-0.39, 0.29) is 21.2 Å². The molecule has 0 saturated heterocycles. The lowest BCUT2D eigenvalue weighted by Gasteiger charge is -2.24. The van der Waals surface area contributed by atoms with Crippen LogP contribution in [0, 0.1) is 17.0 Å². The van der Waals surface area contributed by atoms with Crippen LogP contribution in [0.15, 0.2) is 17.0 Å². The number of nitro benzene ring substituents is 1. The molecular formula is C12H17ClN2O4S. The maximum atomic E-state index is 12.3. The normalized spacial score (nSPS) is 12.4. The quantitative estimate of drug-likeness (QED) is 0.667. The Labute approximate surface area is 123 Å². The molecule has 0 heterocycles. The average Bonchev–Trinajstić information content (AvgIpc) is 2.30. The van der Waals surface area contributed by atoms with E-state index in [1.54, 1.807) is 13.8 Å². The van der Waals surface area contributed by atoms with Crippen LogP contribution in [-0.2, 0) is 10.0 Å². The Balaban J connectivity index is 3.37. The first-order valence-electron chi connectivity index (χ1n) is 5.98. The van der Waals surface area contributed by atoms with Gasteiger partial charge in [0.1, 0.15) is 0 Å². The minimum atomic E-state index is -3.86. The van der Waals surface area contributed by atoms with E-state index in [2.05, 4.69) is 4.72 Å². The zero-order valence-corrected chi connectivity index (χ0v) is 13.3. The summed E-state index contributed by atoms with van der Waals surface area (Å²) in [5.41, 5.74) is -0.720. The average molecular weight is 321 g/mol. The van der Waals surface area contributed by atoms with Gasteiger partial charge in [-0.05, 0) is 33.3 Å². The molecular weight excluding hydrogens is 304 g/mol. The van der Waals surface area contributed by atoms with Crippen molar-refractivity contribution < 1.29 is 13.3 Å². The van der Waals surface area contributed by atoms with Crippen molar-refractivity contribution in [1.82, 2.24) is 4.72 Å². The van der Waals surface area contributed by atoms with Crippen LogP contribution in [0.2, 0.25) is 5.02 Å². The van der Waals surface area contributed by atoms with Crippen LogP contribution >= 0.6 is 11.6 Å². The van der Waals surface area contributed by atoms with E-state index in [0.29, 0.717) is 6.42 Å². The summed E-state index contributed by atoms with van der Waals surface area (Å²) in [5.74, 6) is 0. The summed E-state index contributed by atoms with van der Waals surface area (Å²) in [7, 11) is -3.86. The SMILES string of the molecule is CCC(C)(C)NS(=O)(=O)c1cc(Cl)c(C)c([N+](=O)[O-])c1. The minimum absolute atomic E-state index is 0.0499. The Kier molecular flexibility index (Phi) is 4.78. The summed E-state index contributed by atoms with van der Waals surface area (Å²) >= 11 is 5.88. The molecule has 112 valence electrons. The number of hydrogen-bond donors (Lipinski definition) is 1. The molecule has 1 aromatic carbocycles. The van der Waals surface area contributed by atoms with Crippen LogP contribution < -0.4 is 4.72 Å².